The highest BCUT2D eigenvalue weighted by molar-refractivity contribution is 7.99. The number of aromatic nitrogens is 2. The van der Waals surface area contributed by atoms with E-state index >= 15 is 0 Å². The molecule has 1 amide bonds. The average molecular weight is 379 g/mol. The normalized spacial score (nSPS) is 12.2. The third-order valence-corrected chi connectivity index (χ3v) is 4.45. The van der Waals surface area contributed by atoms with Crippen molar-refractivity contribution in [3.63, 3.8) is 0 Å². The molecule has 0 fully saturated rings. The van der Waals surface area contributed by atoms with E-state index in [1.54, 1.807) is 19.9 Å². The second-order valence-corrected chi connectivity index (χ2v) is 6.43. The summed E-state index contributed by atoms with van der Waals surface area (Å²) in [5.41, 5.74) is 0.898. The van der Waals surface area contributed by atoms with Gasteiger partial charge < -0.3 is 14.2 Å². The van der Waals surface area contributed by atoms with Crippen molar-refractivity contribution >= 4 is 17.7 Å². The maximum atomic E-state index is 13.7. The summed E-state index contributed by atoms with van der Waals surface area (Å²) in [4.78, 5) is 12.0. The van der Waals surface area contributed by atoms with Crippen molar-refractivity contribution in [1.29, 1.82) is 0 Å². The zero-order chi connectivity index (χ0) is 18.7. The largest absolute Gasteiger partial charge is 0.469 e. The number of aryl methyl sites for hydroxylation is 1. The van der Waals surface area contributed by atoms with Crippen LogP contribution in [0.3, 0.4) is 0 Å². The number of thioether (sulfide) groups is 1. The summed E-state index contributed by atoms with van der Waals surface area (Å²) < 4.78 is 37.3. The summed E-state index contributed by atoms with van der Waals surface area (Å²) in [6, 6.07) is 4.34. The number of amides is 1. The Morgan fingerprint density at radius 1 is 1.31 bits per heavy atom. The van der Waals surface area contributed by atoms with Gasteiger partial charge in [0.15, 0.2) is 0 Å². The number of nitrogens with zero attached hydrogens (tertiary/aromatic N) is 2. The molecule has 0 bridgehead atoms. The van der Waals surface area contributed by atoms with Crippen molar-refractivity contribution in [2.45, 2.75) is 25.1 Å². The summed E-state index contributed by atoms with van der Waals surface area (Å²) >= 11 is 1.06. The first-order valence-electron chi connectivity index (χ1n) is 7.69. The molecule has 0 aliphatic heterocycles. The van der Waals surface area contributed by atoms with Crippen LogP contribution in [0.15, 0.2) is 44.6 Å². The molecule has 3 rings (SSSR count). The molecule has 26 heavy (non-hydrogen) atoms. The van der Waals surface area contributed by atoms with Gasteiger partial charge in [-0.3, -0.25) is 4.79 Å². The highest BCUT2D eigenvalue weighted by atomic mass is 32.2. The Morgan fingerprint density at radius 3 is 2.81 bits per heavy atom. The molecule has 2 aromatic heterocycles. The highest BCUT2D eigenvalue weighted by Crippen LogP contribution is 2.26. The lowest BCUT2D eigenvalue weighted by molar-refractivity contribution is -0.119. The van der Waals surface area contributed by atoms with Crippen LogP contribution in [0.4, 0.5) is 8.78 Å². The molecule has 136 valence electrons. The minimum Gasteiger partial charge on any atom is -0.469 e. The second-order valence-electron chi connectivity index (χ2n) is 5.51. The van der Waals surface area contributed by atoms with Crippen LogP contribution in [0.25, 0.3) is 11.5 Å². The molecule has 6 nitrogen and oxygen atoms in total. The summed E-state index contributed by atoms with van der Waals surface area (Å²) in [6.07, 6.45) is 1.52. The van der Waals surface area contributed by atoms with Gasteiger partial charge in [-0.2, -0.15) is 0 Å². The van der Waals surface area contributed by atoms with Gasteiger partial charge in [-0.1, -0.05) is 17.8 Å². The van der Waals surface area contributed by atoms with Gasteiger partial charge in [0.2, 0.25) is 5.91 Å². The van der Waals surface area contributed by atoms with Crippen molar-refractivity contribution in [2.75, 3.05) is 5.75 Å². The third-order valence-electron chi connectivity index (χ3n) is 3.63. The molecule has 0 aliphatic rings. The zero-order valence-corrected chi connectivity index (χ0v) is 14.8. The Bertz CT molecular complexity index is 926. The quantitative estimate of drug-likeness (QED) is 0.655. The number of carbonyl (C=O) groups is 1. The Morgan fingerprint density at radius 2 is 2.12 bits per heavy atom. The number of halogens is 2. The van der Waals surface area contributed by atoms with Crippen molar-refractivity contribution in [1.82, 2.24) is 15.5 Å². The predicted octanol–water partition coefficient (Wildman–Crippen LogP) is 3.89. The number of carbonyl (C=O) groups excluding carboxylic acids is 1. The maximum absolute atomic E-state index is 13.7. The lowest BCUT2D eigenvalue weighted by Gasteiger charge is -2.14. The Hall–Kier alpha value is -2.68. The molecule has 2 heterocycles. The van der Waals surface area contributed by atoms with Gasteiger partial charge in [-0.15, -0.1) is 10.2 Å². The molecule has 0 radical (unpaired) electrons. The van der Waals surface area contributed by atoms with E-state index in [0.717, 1.165) is 23.9 Å². The Balaban J connectivity index is 1.56. The summed E-state index contributed by atoms with van der Waals surface area (Å²) in [7, 11) is 0. The highest BCUT2D eigenvalue weighted by Gasteiger charge is 2.17. The minimum absolute atomic E-state index is 0.0131. The van der Waals surface area contributed by atoms with Crippen LogP contribution in [0.5, 0.6) is 0 Å². The lowest BCUT2D eigenvalue weighted by Crippen LogP contribution is -2.28. The fraction of sp³-hybridized carbons (Fsp3) is 0.235. The minimum atomic E-state index is -0.706. The third kappa shape index (κ3) is 4.10. The number of furan rings is 1. The van der Waals surface area contributed by atoms with Crippen LogP contribution in [0, 0.1) is 18.6 Å². The van der Waals surface area contributed by atoms with E-state index in [9.17, 15) is 13.6 Å². The lowest BCUT2D eigenvalue weighted by atomic mass is 10.1. The number of hydrogen-bond acceptors (Lipinski definition) is 6. The topological polar surface area (TPSA) is 81.2 Å². The number of hydrogen-bond donors (Lipinski definition) is 1. The first-order valence-corrected chi connectivity index (χ1v) is 8.67. The SMILES string of the molecule is Cc1occc1-c1nnc(SCC(=O)N[C@H](C)c2ccc(F)cc2F)o1. The summed E-state index contributed by atoms with van der Waals surface area (Å²) in [5, 5.41) is 10.7. The molecule has 9 heteroatoms. The van der Waals surface area contributed by atoms with Gasteiger partial charge in [0, 0.05) is 11.6 Å². The molecular weight excluding hydrogens is 364 g/mol. The Kier molecular flexibility index (Phi) is 5.36. The first-order chi connectivity index (χ1) is 12.4. The second kappa shape index (κ2) is 7.69. The Labute approximate surface area is 152 Å². The average Bonchev–Trinajstić information content (AvgIpc) is 3.21. The van der Waals surface area contributed by atoms with Crippen molar-refractivity contribution in [3.8, 4) is 11.5 Å². The van der Waals surface area contributed by atoms with Crippen molar-refractivity contribution in [2.24, 2.45) is 0 Å². The number of benzene rings is 1. The van der Waals surface area contributed by atoms with Gasteiger partial charge in [0.25, 0.3) is 11.1 Å². The van der Waals surface area contributed by atoms with E-state index in [4.69, 9.17) is 8.83 Å². The molecule has 1 N–H and O–H groups in total. The van der Waals surface area contributed by atoms with E-state index in [1.807, 2.05) is 0 Å². The number of rotatable bonds is 6. The molecule has 0 spiro atoms. The molecule has 0 saturated carbocycles. The smallest absolute Gasteiger partial charge is 0.277 e. The molecule has 0 saturated heterocycles. The summed E-state index contributed by atoms with van der Waals surface area (Å²) in [5.74, 6) is -0.744. The van der Waals surface area contributed by atoms with Crippen molar-refractivity contribution < 1.29 is 22.4 Å². The van der Waals surface area contributed by atoms with Gasteiger partial charge in [-0.25, -0.2) is 8.78 Å². The van der Waals surface area contributed by atoms with Crippen molar-refractivity contribution in [3.05, 3.63) is 53.5 Å². The maximum Gasteiger partial charge on any atom is 0.277 e. The predicted molar refractivity (Wildman–Crippen MR) is 90.4 cm³/mol. The van der Waals surface area contributed by atoms with Crippen LogP contribution in [-0.2, 0) is 4.79 Å². The molecule has 1 atom stereocenters. The number of nitrogens with one attached hydrogen (secondary N) is 1. The van der Waals surface area contributed by atoms with Crippen LogP contribution in [-0.4, -0.2) is 21.9 Å². The van der Waals surface area contributed by atoms with Crippen LogP contribution < -0.4 is 5.32 Å². The monoisotopic (exact) mass is 379 g/mol. The van der Waals surface area contributed by atoms with Crippen LogP contribution in [0.2, 0.25) is 0 Å². The van der Waals surface area contributed by atoms with Gasteiger partial charge in [0.05, 0.1) is 23.6 Å². The molecule has 0 unspecified atom stereocenters. The van der Waals surface area contributed by atoms with E-state index in [1.165, 1.54) is 12.3 Å². The van der Waals surface area contributed by atoms with Gasteiger partial charge >= 0.3 is 0 Å². The summed E-state index contributed by atoms with van der Waals surface area (Å²) in [6.45, 7) is 3.39. The fourth-order valence-electron chi connectivity index (χ4n) is 2.32. The molecular formula is C17H15F2N3O3S. The van der Waals surface area contributed by atoms with E-state index in [-0.39, 0.29) is 22.4 Å². The fourth-order valence-corrected chi connectivity index (χ4v) is 2.90. The van der Waals surface area contributed by atoms with Gasteiger partial charge in [0.1, 0.15) is 17.4 Å². The molecule has 0 aliphatic carbocycles. The molecule has 1 aromatic carbocycles. The molecule has 3 aromatic rings. The van der Waals surface area contributed by atoms with E-state index in [0.29, 0.717) is 17.2 Å². The van der Waals surface area contributed by atoms with E-state index in [2.05, 4.69) is 15.5 Å². The first kappa shape index (κ1) is 18.1. The van der Waals surface area contributed by atoms with Crippen LogP contribution >= 0.6 is 11.8 Å². The zero-order valence-electron chi connectivity index (χ0n) is 14.0. The van der Waals surface area contributed by atoms with E-state index < -0.39 is 17.7 Å². The van der Waals surface area contributed by atoms with Crippen LogP contribution in [0.1, 0.15) is 24.3 Å². The standard InChI is InChI=1S/C17H15F2N3O3S/c1-9(12-4-3-11(18)7-14(12)19)20-15(23)8-26-17-22-21-16(25-17)13-5-6-24-10(13)2/h3-7,9H,8H2,1-2H3,(H,20,23)/t9-/m1/s1. The van der Waals surface area contributed by atoms with Gasteiger partial charge in [-0.05, 0) is 26.0 Å².